The van der Waals surface area contributed by atoms with E-state index in [4.69, 9.17) is 5.11 Å². The van der Waals surface area contributed by atoms with Crippen molar-refractivity contribution < 1.29 is 9.90 Å². The zero-order valence-electron chi connectivity index (χ0n) is 15.3. The third kappa shape index (κ3) is 4.08. The third-order valence-corrected chi connectivity index (χ3v) is 5.12. The van der Waals surface area contributed by atoms with Gasteiger partial charge in [0.25, 0.3) is 5.91 Å². The average molecular weight is 364 g/mol. The Kier molecular flexibility index (Phi) is 5.29. The zero-order chi connectivity index (χ0) is 18.6. The van der Waals surface area contributed by atoms with E-state index < -0.39 is 0 Å². The van der Waals surface area contributed by atoms with Crippen molar-refractivity contribution in [2.45, 2.75) is 6.54 Å². The third-order valence-electron chi connectivity index (χ3n) is 5.12. The minimum atomic E-state index is -0.103. The van der Waals surface area contributed by atoms with Gasteiger partial charge in [0, 0.05) is 51.0 Å². The fourth-order valence-corrected chi connectivity index (χ4v) is 3.68. The number of anilines is 1. The topological polar surface area (TPSA) is 68.7 Å². The smallest absolute Gasteiger partial charge is 0.257 e. The van der Waals surface area contributed by atoms with Crippen LogP contribution in [0.25, 0.3) is 11.6 Å². The number of hydrogen-bond donors (Lipinski definition) is 2. The van der Waals surface area contributed by atoms with E-state index in [1.807, 2.05) is 30.3 Å². The van der Waals surface area contributed by atoms with Gasteiger partial charge in [-0.3, -0.25) is 14.6 Å². The lowest BCUT2D eigenvalue weighted by Crippen LogP contribution is -2.46. The molecule has 2 aliphatic heterocycles. The number of pyridine rings is 1. The van der Waals surface area contributed by atoms with Gasteiger partial charge in [-0.2, -0.15) is 0 Å². The number of aliphatic hydroxyl groups is 1. The number of amides is 1. The number of fused-ring (bicyclic) bond motifs is 1. The summed E-state index contributed by atoms with van der Waals surface area (Å²) in [5.74, 6) is 0.528. The van der Waals surface area contributed by atoms with Gasteiger partial charge in [0.05, 0.1) is 12.2 Å². The fourth-order valence-electron chi connectivity index (χ4n) is 3.68. The van der Waals surface area contributed by atoms with Gasteiger partial charge in [-0.15, -0.1) is 0 Å². The zero-order valence-corrected chi connectivity index (χ0v) is 15.3. The Labute approximate surface area is 159 Å². The Morgan fingerprint density at radius 1 is 1.11 bits per heavy atom. The van der Waals surface area contributed by atoms with E-state index >= 15 is 0 Å². The number of nitrogens with one attached hydrogen (secondary N) is 1. The minimum absolute atomic E-state index is 0.103. The standard InChI is InChI=1S/C21H24N4O2/c26-12-11-24-7-9-25(10-8-24)15-17-4-1-3-16(13-17)14-19-18-5-2-6-22-20(18)23-21(19)27/h1-6,13-14,26H,7-12,15H2,(H,22,23,27). The molecular weight excluding hydrogens is 340 g/mol. The van der Waals surface area contributed by atoms with Crippen LogP contribution in [0.4, 0.5) is 5.82 Å². The SMILES string of the molecule is O=C1Nc2ncccc2C1=Cc1cccc(CN2CCN(CCO)CC2)c1. The normalized spacial score (nSPS) is 19.3. The summed E-state index contributed by atoms with van der Waals surface area (Å²) >= 11 is 0. The molecule has 1 amide bonds. The summed E-state index contributed by atoms with van der Waals surface area (Å²) in [4.78, 5) is 21.2. The number of aliphatic hydroxyl groups excluding tert-OH is 1. The quantitative estimate of drug-likeness (QED) is 0.790. The number of piperazine rings is 1. The second-order valence-corrected chi connectivity index (χ2v) is 7.00. The molecule has 0 aliphatic carbocycles. The molecular formula is C21H24N4O2. The maximum atomic E-state index is 12.3. The van der Waals surface area contributed by atoms with Crippen LogP contribution in [-0.4, -0.2) is 65.1 Å². The molecule has 0 bridgehead atoms. The molecule has 6 heteroatoms. The number of carbonyl (C=O) groups excluding carboxylic acids is 1. The van der Waals surface area contributed by atoms with Gasteiger partial charge in [-0.05, 0) is 29.3 Å². The molecule has 1 saturated heterocycles. The average Bonchev–Trinajstić information content (AvgIpc) is 2.99. The summed E-state index contributed by atoms with van der Waals surface area (Å²) in [6.07, 6.45) is 3.62. The van der Waals surface area contributed by atoms with Crippen LogP contribution < -0.4 is 5.32 Å². The maximum Gasteiger partial charge on any atom is 0.257 e. The Morgan fingerprint density at radius 3 is 2.74 bits per heavy atom. The summed E-state index contributed by atoms with van der Waals surface area (Å²) in [6.45, 7) is 5.88. The molecule has 0 spiro atoms. The number of hydrogen-bond acceptors (Lipinski definition) is 5. The number of aromatic nitrogens is 1. The first kappa shape index (κ1) is 17.9. The second-order valence-electron chi connectivity index (χ2n) is 7.00. The highest BCUT2D eigenvalue weighted by atomic mass is 16.3. The van der Waals surface area contributed by atoms with Gasteiger partial charge < -0.3 is 10.4 Å². The van der Waals surface area contributed by atoms with Crippen molar-refractivity contribution in [2.24, 2.45) is 0 Å². The Balaban J connectivity index is 1.47. The van der Waals surface area contributed by atoms with Gasteiger partial charge in [0.2, 0.25) is 0 Å². The molecule has 27 heavy (non-hydrogen) atoms. The van der Waals surface area contributed by atoms with Crippen molar-refractivity contribution in [3.63, 3.8) is 0 Å². The summed E-state index contributed by atoms with van der Waals surface area (Å²) < 4.78 is 0. The van der Waals surface area contributed by atoms with E-state index in [1.54, 1.807) is 6.20 Å². The summed E-state index contributed by atoms with van der Waals surface area (Å²) in [6, 6.07) is 12.1. The first-order valence-corrected chi connectivity index (χ1v) is 9.36. The van der Waals surface area contributed by atoms with Crippen molar-refractivity contribution in [3.8, 4) is 0 Å². The Bertz CT molecular complexity index is 857. The van der Waals surface area contributed by atoms with E-state index in [0.29, 0.717) is 11.4 Å². The van der Waals surface area contributed by atoms with Crippen LogP contribution in [0.1, 0.15) is 16.7 Å². The minimum Gasteiger partial charge on any atom is -0.395 e. The lowest BCUT2D eigenvalue weighted by Gasteiger charge is -2.34. The molecule has 140 valence electrons. The molecule has 2 N–H and O–H groups in total. The van der Waals surface area contributed by atoms with Gasteiger partial charge in [0.15, 0.2) is 0 Å². The predicted molar refractivity (Wildman–Crippen MR) is 106 cm³/mol. The van der Waals surface area contributed by atoms with Crippen LogP contribution in [0, 0.1) is 0 Å². The Hall–Kier alpha value is -2.54. The molecule has 1 fully saturated rings. The van der Waals surface area contributed by atoms with Crippen LogP contribution in [0.2, 0.25) is 0 Å². The molecule has 2 aromatic rings. The number of β-amino-alcohol motifs (C(OH)–C–C–N with tert-alkyl or cyclic N) is 1. The molecule has 0 saturated carbocycles. The molecule has 0 atom stereocenters. The molecule has 0 radical (unpaired) electrons. The molecule has 3 heterocycles. The Morgan fingerprint density at radius 2 is 1.93 bits per heavy atom. The van der Waals surface area contributed by atoms with E-state index in [9.17, 15) is 4.79 Å². The second kappa shape index (κ2) is 8.00. The van der Waals surface area contributed by atoms with Crippen molar-refractivity contribution in [2.75, 3.05) is 44.6 Å². The molecule has 6 nitrogen and oxygen atoms in total. The van der Waals surface area contributed by atoms with Crippen LogP contribution in [0.3, 0.4) is 0 Å². The number of nitrogens with zero attached hydrogens (tertiary/aromatic N) is 3. The highest BCUT2D eigenvalue weighted by Gasteiger charge is 2.24. The van der Waals surface area contributed by atoms with Gasteiger partial charge in [-0.1, -0.05) is 24.3 Å². The lowest BCUT2D eigenvalue weighted by molar-refractivity contribution is -0.110. The van der Waals surface area contributed by atoms with Gasteiger partial charge in [0.1, 0.15) is 5.82 Å². The first-order chi connectivity index (χ1) is 13.2. The van der Waals surface area contributed by atoms with Gasteiger partial charge >= 0.3 is 0 Å². The van der Waals surface area contributed by atoms with E-state index in [2.05, 4.69) is 32.2 Å². The molecule has 0 unspecified atom stereocenters. The van der Waals surface area contributed by atoms with Crippen molar-refractivity contribution in [1.29, 1.82) is 0 Å². The number of rotatable bonds is 5. The largest absolute Gasteiger partial charge is 0.395 e. The van der Waals surface area contributed by atoms with Crippen molar-refractivity contribution in [3.05, 3.63) is 59.3 Å². The van der Waals surface area contributed by atoms with Crippen molar-refractivity contribution in [1.82, 2.24) is 14.8 Å². The first-order valence-electron chi connectivity index (χ1n) is 9.36. The molecule has 1 aromatic carbocycles. The van der Waals surface area contributed by atoms with Crippen LogP contribution in [0.5, 0.6) is 0 Å². The van der Waals surface area contributed by atoms with Crippen LogP contribution >= 0.6 is 0 Å². The predicted octanol–water partition coefficient (Wildman–Crippen LogP) is 1.68. The van der Waals surface area contributed by atoms with Gasteiger partial charge in [-0.25, -0.2) is 4.98 Å². The molecule has 4 rings (SSSR count). The monoisotopic (exact) mass is 364 g/mol. The van der Waals surface area contributed by atoms with E-state index in [0.717, 1.165) is 50.4 Å². The van der Waals surface area contributed by atoms with Crippen LogP contribution in [-0.2, 0) is 11.3 Å². The fraction of sp³-hybridized carbons (Fsp3) is 0.333. The van der Waals surface area contributed by atoms with Crippen molar-refractivity contribution >= 4 is 23.4 Å². The van der Waals surface area contributed by atoms with E-state index in [-0.39, 0.29) is 12.5 Å². The van der Waals surface area contributed by atoms with E-state index in [1.165, 1.54) is 5.56 Å². The lowest BCUT2D eigenvalue weighted by atomic mass is 10.0. The highest BCUT2D eigenvalue weighted by Crippen LogP contribution is 2.31. The number of carbonyl (C=O) groups is 1. The summed E-state index contributed by atoms with van der Waals surface area (Å²) in [5, 5.41) is 11.9. The number of benzene rings is 1. The highest BCUT2D eigenvalue weighted by molar-refractivity contribution is 6.34. The summed E-state index contributed by atoms with van der Waals surface area (Å²) in [5.41, 5.74) is 3.78. The molecule has 2 aliphatic rings. The molecule has 1 aromatic heterocycles. The van der Waals surface area contributed by atoms with Crippen LogP contribution in [0.15, 0.2) is 42.6 Å². The maximum absolute atomic E-state index is 12.3. The summed E-state index contributed by atoms with van der Waals surface area (Å²) in [7, 11) is 0.